The molecule has 3 N–H and O–H groups in total. The van der Waals surface area contributed by atoms with Crippen LogP contribution in [0.5, 0.6) is 0 Å². The third-order valence-corrected chi connectivity index (χ3v) is 3.58. The van der Waals surface area contributed by atoms with Gasteiger partial charge in [0.25, 0.3) is 0 Å². The number of hydrogen-bond donors (Lipinski definition) is 2. The Kier molecular flexibility index (Phi) is 4.98. The zero-order valence-corrected chi connectivity index (χ0v) is 12.5. The van der Waals surface area contributed by atoms with Gasteiger partial charge in [0.05, 0.1) is 5.92 Å². The minimum atomic E-state index is -0.787. The highest BCUT2D eigenvalue weighted by molar-refractivity contribution is 5.79. The summed E-state index contributed by atoms with van der Waals surface area (Å²) >= 11 is 0. The van der Waals surface area contributed by atoms with Crippen LogP contribution in [0.1, 0.15) is 49.8 Å². The van der Waals surface area contributed by atoms with E-state index in [0.29, 0.717) is 11.6 Å². The molecule has 0 saturated carbocycles. The molecule has 2 unspecified atom stereocenters. The topological polar surface area (TPSA) is 63.3 Å². The molecule has 0 amide bonds. The molecule has 0 aliphatic carbocycles. The van der Waals surface area contributed by atoms with E-state index in [-0.39, 0.29) is 5.92 Å². The smallest absolute Gasteiger partial charge is 0.311 e. The number of nitrogens with two attached hydrogens (primary N) is 1. The van der Waals surface area contributed by atoms with Crippen molar-refractivity contribution < 1.29 is 9.90 Å². The fraction of sp³-hybridized carbons (Fsp3) is 0.562. The Hall–Kier alpha value is -1.51. The van der Waals surface area contributed by atoms with Gasteiger partial charge in [-0.1, -0.05) is 38.5 Å². The second-order valence-electron chi connectivity index (χ2n) is 6.01. The molecule has 1 rings (SSSR count). The number of aryl methyl sites for hydroxylation is 2. The quantitative estimate of drug-likeness (QED) is 0.795. The van der Waals surface area contributed by atoms with Gasteiger partial charge in [0.1, 0.15) is 0 Å². The van der Waals surface area contributed by atoms with Crippen LogP contribution in [-0.4, -0.2) is 11.1 Å². The van der Waals surface area contributed by atoms with Crippen LogP contribution in [0, 0.1) is 25.7 Å². The number of nitrogen functional groups attached to an aromatic ring is 1. The summed E-state index contributed by atoms with van der Waals surface area (Å²) in [5.41, 5.74) is 9.49. The highest BCUT2D eigenvalue weighted by Gasteiger charge is 2.29. The van der Waals surface area contributed by atoms with Crippen molar-refractivity contribution in [1.29, 1.82) is 0 Å². The standard InChI is InChI=1S/C16H25NO2/c1-9(2)6-11(4)14(16(18)19)13-8-10(3)7-12(5)15(13)17/h7-9,11,14H,6,17H2,1-5H3,(H,18,19). The molecule has 1 aromatic rings. The maximum atomic E-state index is 11.6. The van der Waals surface area contributed by atoms with Gasteiger partial charge >= 0.3 is 5.97 Å². The van der Waals surface area contributed by atoms with E-state index in [1.807, 2.05) is 32.9 Å². The number of hydrogen-bond acceptors (Lipinski definition) is 2. The predicted molar refractivity (Wildman–Crippen MR) is 79.3 cm³/mol. The average Bonchev–Trinajstić information content (AvgIpc) is 2.23. The Morgan fingerprint density at radius 2 is 1.84 bits per heavy atom. The van der Waals surface area contributed by atoms with Gasteiger partial charge < -0.3 is 10.8 Å². The van der Waals surface area contributed by atoms with Crippen LogP contribution < -0.4 is 5.73 Å². The summed E-state index contributed by atoms with van der Waals surface area (Å²) < 4.78 is 0. The number of rotatable bonds is 5. The van der Waals surface area contributed by atoms with Crippen molar-refractivity contribution in [3.05, 3.63) is 28.8 Å². The fourth-order valence-electron chi connectivity index (χ4n) is 2.83. The molecule has 3 heteroatoms. The van der Waals surface area contributed by atoms with E-state index >= 15 is 0 Å². The summed E-state index contributed by atoms with van der Waals surface area (Å²) in [5, 5.41) is 9.56. The molecule has 0 aromatic heterocycles. The van der Waals surface area contributed by atoms with Crippen LogP contribution in [0.15, 0.2) is 12.1 Å². The van der Waals surface area contributed by atoms with Gasteiger partial charge in [0, 0.05) is 5.69 Å². The molecule has 0 radical (unpaired) electrons. The third kappa shape index (κ3) is 3.72. The van der Waals surface area contributed by atoms with E-state index < -0.39 is 11.9 Å². The van der Waals surface area contributed by atoms with E-state index in [1.54, 1.807) is 0 Å². The molecule has 1 aromatic carbocycles. The Morgan fingerprint density at radius 1 is 1.26 bits per heavy atom. The number of carbonyl (C=O) groups is 1. The van der Waals surface area contributed by atoms with Gasteiger partial charge in [-0.3, -0.25) is 4.79 Å². The van der Waals surface area contributed by atoms with Crippen molar-refractivity contribution in [1.82, 2.24) is 0 Å². The minimum absolute atomic E-state index is 0.0704. The number of anilines is 1. The first-order chi connectivity index (χ1) is 8.73. The molecule has 106 valence electrons. The third-order valence-electron chi connectivity index (χ3n) is 3.58. The maximum absolute atomic E-state index is 11.6. The van der Waals surface area contributed by atoms with Gasteiger partial charge in [0.15, 0.2) is 0 Å². The van der Waals surface area contributed by atoms with Crippen LogP contribution in [-0.2, 0) is 4.79 Å². The van der Waals surface area contributed by atoms with Crippen molar-refractivity contribution in [3.63, 3.8) is 0 Å². The van der Waals surface area contributed by atoms with Crippen LogP contribution in [0.25, 0.3) is 0 Å². The van der Waals surface area contributed by atoms with Crippen LogP contribution in [0.3, 0.4) is 0 Å². The van der Waals surface area contributed by atoms with Crippen LogP contribution in [0.4, 0.5) is 5.69 Å². The molecular weight excluding hydrogens is 238 g/mol. The van der Waals surface area contributed by atoms with Gasteiger partial charge in [-0.25, -0.2) is 0 Å². The molecule has 19 heavy (non-hydrogen) atoms. The first kappa shape index (κ1) is 15.5. The first-order valence-electron chi connectivity index (χ1n) is 6.83. The van der Waals surface area contributed by atoms with E-state index in [9.17, 15) is 9.90 Å². The summed E-state index contributed by atoms with van der Waals surface area (Å²) in [6, 6.07) is 3.91. The molecule has 0 aliphatic rings. The Labute approximate surface area is 115 Å². The lowest BCUT2D eigenvalue weighted by Crippen LogP contribution is -2.22. The molecule has 2 atom stereocenters. The number of benzene rings is 1. The molecular formula is C16H25NO2. The zero-order valence-electron chi connectivity index (χ0n) is 12.5. The van der Waals surface area contributed by atoms with Crippen molar-refractivity contribution in [2.75, 3.05) is 5.73 Å². The van der Waals surface area contributed by atoms with Gasteiger partial charge in [-0.2, -0.15) is 0 Å². The Balaban J connectivity index is 3.23. The van der Waals surface area contributed by atoms with E-state index in [2.05, 4.69) is 13.8 Å². The van der Waals surface area contributed by atoms with E-state index in [0.717, 1.165) is 23.1 Å². The normalized spacial score (nSPS) is 14.4. The lowest BCUT2D eigenvalue weighted by atomic mass is 9.80. The summed E-state index contributed by atoms with van der Waals surface area (Å²) in [7, 11) is 0. The van der Waals surface area contributed by atoms with E-state index in [1.165, 1.54) is 0 Å². The highest BCUT2D eigenvalue weighted by atomic mass is 16.4. The van der Waals surface area contributed by atoms with E-state index in [4.69, 9.17) is 5.73 Å². The molecule has 0 saturated heterocycles. The fourth-order valence-corrected chi connectivity index (χ4v) is 2.83. The highest BCUT2D eigenvalue weighted by Crippen LogP contribution is 2.35. The number of carboxylic acid groups (broad SMARTS) is 1. The number of aliphatic carboxylic acids is 1. The van der Waals surface area contributed by atoms with Crippen LogP contribution in [0.2, 0.25) is 0 Å². The summed E-state index contributed by atoms with van der Waals surface area (Å²) in [6.45, 7) is 10.1. The van der Waals surface area contributed by atoms with Gasteiger partial charge in [-0.15, -0.1) is 0 Å². The van der Waals surface area contributed by atoms with Gasteiger partial charge in [-0.05, 0) is 43.2 Å². The predicted octanol–water partition coefficient (Wildman–Crippen LogP) is 3.74. The van der Waals surface area contributed by atoms with Gasteiger partial charge in [0.2, 0.25) is 0 Å². The lowest BCUT2D eigenvalue weighted by Gasteiger charge is -2.24. The molecule has 0 heterocycles. The second kappa shape index (κ2) is 6.09. The monoisotopic (exact) mass is 263 g/mol. The van der Waals surface area contributed by atoms with Crippen molar-refractivity contribution in [2.45, 2.75) is 47.0 Å². The Morgan fingerprint density at radius 3 is 2.32 bits per heavy atom. The van der Waals surface area contributed by atoms with Crippen molar-refractivity contribution in [2.24, 2.45) is 11.8 Å². The summed E-state index contributed by atoms with van der Waals surface area (Å²) in [6.07, 6.45) is 0.878. The second-order valence-corrected chi connectivity index (χ2v) is 6.01. The van der Waals surface area contributed by atoms with Crippen molar-refractivity contribution >= 4 is 11.7 Å². The summed E-state index contributed by atoms with van der Waals surface area (Å²) in [5.74, 6) is -0.768. The SMILES string of the molecule is Cc1cc(C)c(N)c(C(C(=O)O)C(C)CC(C)C)c1. The molecule has 0 aliphatic heterocycles. The first-order valence-corrected chi connectivity index (χ1v) is 6.83. The zero-order chi connectivity index (χ0) is 14.7. The largest absolute Gasteiger partial charge is 0.481 e. The van der Waals surface area contributed by atoms with Crippen LogP contribution >= 0.6 is 0 Å². The summed E-state index contributed by atoms with van der Waals surface area (Å²) in [4.78, 5) is 11.6. The molecule has 0 bridgehead atoms. The maximum Gasteiger partial charge on any atom is 0.311 e. The minimum Gasteiger partial charge on any atom is -0.481 e. The van der Waals surface area contributed by atoms with Crippen molar-refractivity contribution in [3.8, 4) is 0 Å². The molecule has 3 nitrogen and oxygen atoms in total. The molecule has 0 spiro atoms. The number of carboxylic acids is 1. The lowest BCUT2D eigenvalue weighted by molar-refractivity contribution is -0.140. The Bertz CT molecular complexity index is 466. The molecule has 0 fully saturated rings. The average molecular weight is 263 g/mol.